The quantitative estimate of drug-likeness (QED) is 0.122. The topological polar surface area (TPSA) is 142 Å². The second-order valence-electron chi connectivity index (χ2n) is 34.3. The average Bonchev–Trinajstić information content (AvgIpc) is 0.844. The van der Waals surface area contributed by atoms with Crippen LogP contribution in [0.2, 0.25) is 0 Å². The molecule has 0 aliphatic heterocycles. The van der Waals surface area contributed by atoms with E-state index in [2.05, 4.69) is 371 Å². The molecular formula is C115H195N11. The van der Waals surface area contributed by atoms with Crippen LogP contribution in [0.4, 0.5) is 0 Å². The van der Waals surface area contributed by atoms with Gasteiger partial charge in [0.05, 0.1) is 0 Å². The van der Waals surface area contributed by atoms with Crippen molar-refractivity contribution in [2.24, 2.45) is 0 Å². The molecule has 0 unspecified atom stereocenters. The molecule has 11 aromatic rings. The van der Waals surface area contributed by atoms with E-state index in [1.54, 1.807) is 6.20 Å². The first-order valence-corrected chi connectivity index (χ1v) is 42.4. The molecule has 11 heteroatoms. The molecule has 0 radical (unpaired) electrons. The van der Waals surface area contributed by atoms with Gasteiger partial charge in [-0.05, 0) is 330 Å². The van der Waals surface area contributed by atoms with Crippen molar-refractivity contribution in [1.82, 2.24) is 54.8 Å². The van der Waals surface area contributed by atoms with Gasteiger partial charge < -0.3 is 0 Å². The Balaban J connectivity index is -0.000000146. The maximum Gasteiger partial charge on any atom is 0.0410 e. The highest BCUT2D eigenvalue weighted by Gasteiger charge is 2.11. The Hall–Kier alpha value is -9.35. The number of aromatic nitrogens is 11. The Labute approximate surface area is 781 Å². The van der Waals surface area contributed by atoms with Gasteiger partial charge in [-0.15, -0.1) is 0 Å². The Morgan fingerprint density at radius 1 is 0.198 bits per heavy atom. The Kier molecular flexibility index (Phi) is 78.0. The predicted octanol–water partition coefficient (Wildman–Crippen LogP) is 35.9. The lowest BCUT2D eigenvalue weighted by Gasteiger charge is -2.12. The van der Waals surface area contributed by atoms with Crippen molar-refractivity contribution in [1.29, 1.82) is 0 Å². The lowest BCUT2D eigenvalue weighted by Crippen LogP contribution is -1.99. The fourth-order valence-corrected chi connectivity index (χ4v) is 12.4. The average molecular weight is 1730 g/mol. The summed E-state index contributed by atoms with van der Waals surface area (Å²) in [6.45, 7) is 83.6. The first-order valence-electron chi connectivity index (χ1n) is 42.4. The lowest BCUT2D eigenvalue weighted by molar-refractivity contribution is 0.832. The van der Waals surface area contributed by atoms with Gasteiger partial charge in [-0.3, -0.25) is 54.8 Å². The van der Waals surface area contributed by atoms with Crippen LogP contribution < -0.4 is 0 Å². The molecule has 0 aliphatic rings. The van der Waals surface area contributed by atoms with Gasteiger partial charge >= 0.3 is 0 Å². The first kappa shape index (κ1) is 137. The number of hydrogen-bond acceptors (Lipinski definition) is 11. The molecular weight excluding hydrogens is 1540 g/mol. The van der Waals surface area contributed by atoms with Crippen molar-refractivity contribution < 1.29 is 0 Å². The number of aryl methyl sites for hydroxylation is 14. The molecule has 0 aliphatic carbocycles. The zero-order chi connectivity index (χ0) is 88.4. The lowest BCUT2D eigenvalue weighted by atomic mass is 9.96. The zero-order valence-electron chi connectivity index (χ0n) is 79.9. The van der Waals surface area contributed by atoms with Crippen LogP contribution in [-0.2, 0) is 0 Å². The van der Waals surface area contributed by atoms with E-state index >= 15 is 0 Å². The van der Waals surface area contributed by atoms with Gasteiger partial charge in [-0.2, -0.15) is 0 Å². The van der Waals surface area contributed by atoms with Gasteiger partial charge in [0.25, 0.3) is 0 Å². The summed E-state index contributed by atoms with van der Waals surface area (Å²) in [4.78, 5) is 46.4. The summed E-state index contributed by atoms with van der Waals surface area (Å²) in [6, 6.07) is 27.3. The van der Waals surface area contributed by atoms with Crippen LogP contribution in [0.5, 0.6) is 0 Å². The summed E-state index contributed by atoms with van der Waals surface area (Å²) in [5.41, 5.74) is 35.8. The highest BCUT2D eigenvalue weighted by atomic mass is 14.7. The minimum atomic E-state index is 0. The van der Waals surface area contributed by atoms with Gasteiger partial charge in [0.15, 0.2) is 0 Å². The van der Waals surface area contributed by atoms with Crippen molar-refractivity contribution in [3.05, 3.63) is 322 Å². The molecule has 710 valence electrons. The Morgan fingerprint density at radius 2 is 0.611 bits per heavy atom. The van der Waals surface area contributed by atoms with E-state index in [0.717, 1.165) is 34.2 Å². The molecule has 11 nitrogen and oxygen atoms in total. The highest BCUT2D eigenvalue weighted by Crippen LogP contribution is 2.26. The highest BCUT2D eigenvalue weighted by molar-refractivity contribution is 5.37. The monoisotopic (exact) mass is 1730 g/mol. The standard InChI is InChI=1S/C11H17N.5C10H15N.4C9H13N.C8H11N.10CH4/c1-7(2)11-6-12-10(5)8(3)9(11)4;1-7(2)10-6-11-5-8(3)9(10)4;1-7(2)10-5-8(3)9(4)11-6-10;1-7(2)10-5-8(3)6-11-9(10)4;1-7(2)10-8(3)5-6-11-9(10)4;1-7(2)10-6-5-8(3)11-9(10)4;1-7(2)9-4-8(3)5-10-6-9;1-7(2)9-6-10-5-4-8(9)3;1-7(2)9-5-4-8(3)10-6-9;1-7(2)9-5-4-6-10-8(9)3;1-7(2)8-4-3-5-9-6-8;;;;;;;;;;/h6-7H,1-5H3;5*5-7H,1-4H3;4*4-7H,1-3H3;3-7H,1-2H3;10*1H4. The van der Waals surface area contributed by atoms with Crippen LogP contribution in [-0.4, -0.2) is 54.8 Å². The second-order valence-corrected chi connectivity index (χ2v) is 34.3. The van der Waals surface area contributed by atoms with E-state index in [4.69, 9.17) is 0 Å². The van der Waals surface area contributed by atoms with Crippen molar-refractivity contribution in [3.8, 4) is 0 Å². The molecule has 0 saturated heterocycles. The minimum absolute atomic E-state index is 0. The number of pyridine rings is 11. The van der Waals surface area contributed by atoms with Gasteiger partial charge in [0.1, 0.15) is 0 Å². The molecule has 0 bridgehead atoms. The summed E-state index contributed by atoms with van der Waals surface area (Å²) >= 11 is 0. The number of hydrogen-bond donors (Lipinski definition) is 0. The van der Waals surface area contributed by atoms with E-state index in [1.807, 2.05) is 113 Å². The summed E-state index contributed by atoms with van der Waals surface area (Å²) in [6.07, 6.45) is 26.7. The maximum atomic E-state index is 4.39. The maximum absolute atomic E-state index is 4.39. The molecule has 0 fully saturated rings. The van der Waals surface area contributed by atoms with Crippen LogP contribution in [0, 0.1) is 118 Å². The fourth-order valence-electron chi connectivity index (χ4n) is 12.4. The third-order valence-electron chi connectivity index (χ3n) is 20.4. The van der Waals surface area contributed by atoms with Crippen LogP contribution in [0.15, 0.2) is 166 Å². The molecule has 0 atom stereocenters. The summed E-state index contributed by atoms with van der Waals surface area (Å²) in [5, 5.41) is 0. The Morgan fingerprint density at radius 3 is 1.00 bits per heavy atom. The largest absolute Gasteiger partial charge is 0.264 e. The van der Waals surface area contributed by atoms with E-state index in [-0.39, 0.29) is 74.3 Å². The molecule has 11 rings (SSSR count). The van der Waals surface area contributed by atoms with Gasteiger partial charge in [-0.25, -0.2) is 0 Å². The normalized spacial score (nSPS) is 9.70. The molecule has 0 aromatic carbocycles. The van der Waals surface area contributed by atoms with Crippen LogP contribution in [0.25, 0.3) is 0 Å². The van der Waals surface area contributed by atoms with Crippen LogP contribution >= 0.6 is 0 Å². The zero-order valence-corrected chi connectivity index (χ0v) is 79.9. The van der Waals surface area contributed by atoms with Crippen molar-refractivity contribution in [2.45, 2.75) is 409 Å². The number of nitrogens with zero attached hydrogens (tertiary/aromatic N) is 11. The molecule has 0 amide bonds. The molecule has 11 aromatic heterocycles. The van der Waals surface area contributed by atoms with Gasteiger partial charge in [-0.1, -0.05) is 269 Å². The molecule has 11 heterocycles. The van der Waals surface area contributed by atoms with Gasteiger partial charge in [0, 0.05) is 132 Å². The third kappa shape index (κ3) is 52.1. The summed E-state index contributed by atoms with van der Waals surface area (Å²) in [5.74, 6) is 6.47. The summed E-state index contributed by atoms with van der Waals surface area (Å²) < 4.78 is 0. The van der Waals surface area contributed by atoms with E-state index in [1.165, 1.54) is 123 Å². The van der Waals surface area contributed by atoms with Crippen LogP contribution in [0.3, 0.4) is 0 Å². The molecule has 0 saturated carbocycles. The van der Waals surface area contributed by atoms with Crippen molar-refractivity contribution >= 4 is 0 Å². The van der Waals surface area contributed by atoms with E-state index in [9.17, 15) is 0 Å². The van der Waals surface area contributed by atoms with Crippen molar-refractivity contribution in [3.63, 3.8) is 0 Å². The summed E-state index contributed by atoms with van der Waals surface area (Å²) in [7, 11) is 0. The Bertz CT molecular complexity index is 4490. The second kappa shape index (κ2) is 71.7. The van der Waals surface area contributed by atoms with E-state index in [0.29, 0.717) is 65.1 Å². The molecule has 126 heavy (non-hydrogen) atoms. The molecule has 0 N–H and O–H groups in total. The number of rotatable bonds is 11. The smallest absolute Gasteiger partial charge is 0.0410 e. The molecule has 0 spiro atoms. The van der Waals surface area contributed by atoms with Crippen molar-refractivity contribution in [2.75, 3.05) is 0 Å². The van der Waals surface area contributed by atoms with Gasteiger partial charge in [0.2, 0.25) is 0 Å². The fraction of sp³-hybridized carbons (Fsp3) is 0.522. The van der Waals surface area contributed by atoms with Crippen LogP contribution in [0.1, 0.15) is 449 Å². The minimum Gasteiger partial charge on any atom is -0.264 e. The third-order valence-corrected chi connectivity index (χ3v) is 20.4. The van der Waals surface area contributed by atoms with E-state index < -0.39 is 0 Å². The predicted molar refractivity (Wildman–Crippen MR) is 569 cm³/mol. The first-order chi connectivity index (χ1) is 54.2. The SMILES string of the molecule is C.C.C.C.C.C.C.C.C.C.CC(C)c1cccnc1.Cc1cc(C(C)C)cnc1C.Cc1ccc(C(C)C)c(C)n1.Cc1ccc(C(C)C)cn1.Cc1ccnc(C)c1C(C)C.Cc1ccncc1C(C)C.Cc1cnc(C)c(C(C)C)c1.Cc1cncc(C(C)C)c1.Cc1cncc(C(C)C)c1C.Cc1ncc(C(C)C)c(C)c1C.Cc1ncccc1C(C)C.